The molecular formula is C20H22FN5O3. The van der Waals surface area contributed by atoms with Gasteiger partial charge in [-0.15, -0.1) is 0 Å². The summed E-state index contributed by atoms with van der Waals surface area (Å²) in [6, 6.07) is 4.67. The van der Waals surface area contributed by atoms with Gasteiger partial charge in [0.15, 0.2) is 22.7 Å². The molecule has 3 aromatic rings. The molecule has 1 aliphatic heterocycles. The van der Waals surface area contributed by atoms with Gasteiger partial charge in [0.25, 0.3) is 0 Å². The average molecular weight is 399 g/mol. The number of hydrogen-bond acceptors (Lipinski definition) is 6. The third-order valence-electron chi connectivity index (χ3n) is 5.11. The van der Waals surface area contributed by atoms with Crippen molar-refractivity contribution in [3.05, 3.63) is 30.3 Å². The van der Waals surface area contributed by atoms with Gasteiger partial charge >= 0.3 is 0 Å². The Morgan fingerprint density at radius 3 is 2.90 bits per heavy atom. The van der Waals surface area contributed by atoms with Crippen molar-refractivity contribution in [2.45, 2.75) is 25.9 Å². The van der Waals surface area contributed by atoms with Gasteiger partial charge in [0.1, 0.15) is 18.3 Å². The molecule has 1 atom stereocenters. The minimum absolute atomic E-state index is 0.116. The van der Waals surface area contributed by atoms with Gasteiger partial charge in [-0.3, -0.25) is 4.79 Å². The van der Waals surface area contributed by atoms with Crippen LogP contribution in [-0.4, -0.2) is 56.6 Å². The SMILES string of the molecule is CCC(=O)N1CCC(Oc2ncnc3c2nc(-c2ccc(OC)c(F)c2)n3C)C1. The predicted octanol–water partition coefficient (Wildman–Crippen LogP) is 2.57. The molecule has 0 radical (unpaired) electrons. The second-order valence-corrected chi connectivity index (χ2v) is 6.92. The fourth-order valence-electron chi connectivity index (χ4n) is 3.56. The lowest BCUT2D eigenvalue weighted by Gasteiger charge is -2.16. The first-order valence-corrected chi connectivity index (χ1v) is 9.47. The minimum Gasteiger partial charge on any atom is -0.494 e. The number of halogens is 1. The van der Waals surface area contributed by atoms with E-state index in [2.05, 4.69) is 15.0 Å². The highest BCUT2D eigenvalue weighted by Gasteiger charge is 2.28. The lowest BCUT2D eigenvalue weighted by molar-refractivity contribution is -0.130. The van der Waals surface area contributed by atoms with Crippen molar-refractivity contribution in [1.29, 1.82) is 0 Å². The Morgan fingerprint density at radius 1 is 1.34 bits per heavy atom. The van der Waals surface area contributed by atoms with Crippen molar-refractivity contribution in [2.24, 2.45) is 7.05 Å². The molecule has 3 heterocycles. The summed E-state index contributed by atoms with van der Waals surface area (Å²) in [5, 5.41) is 0. The molecule has 1 aliphatic rings. The number of hydrogen-bond donors (Lipinski definition) is 0. The van der Waals surface area contributed by atoms with Crippen LogP contribution in [0.15, 0.2) is 24.5 Å². The van der Waals surface area contributed by atoms with Gasteiger partial charge in [-0.2, -0.15) is 4.98 Å². The van der Waals surface area contributed by atoms with Gasteiger partial charge in [-0.25, -0.2) is 14.4 Å². The lowest BCUT2D eigenvalue weighted by atomic mass is 10.2. The van der Waals surface area contributed by atoms with Crippen molar-refractivity contribution >= 4 is 17.1 Å². The standard InChI is InChI=1S/C20H22FN5O3/c1-4-16(27)26-8-7-13(10-26)29-20-17-19(22-11-23-20)25(2)18(24-17)12-5-6-15(28-3)14(21)9-12/h5-6,9,11,13H,4,7-8,10H2,1-3H3. The second kappa shape index (κ2) is 7.65. The number of aryl methyl sites for hydroxylation is 1. The quantitative estimate of drug-likeness (QED) is 0.656. The summed E-state index contributed by atoms with van der Waals surface area (Å²) in [4.78, 5) is 26.9. The fourth-order valence-corrected chi connectivity index (χ4v) is 3.56. The summed E-state index contributed by atoms with van der Waals surface area (Å²) in [6.45, 7) is 3.05. The van der Waals surface area contributed by atoms with E-state index < -0.39 is 5.82 Å². The Kier molecular flexibility index (Phi) is 5.04. The molecule has 1 aromatic carbocycles. The number of amides is 1. The Morgan fingerprint density at radius 2 is 2.17 bits per heavy atom. The molecule has 1 unspecified atom stereocenters. The van der Waals surface area contributed by atoms with Gasteiger partial charge < -0.3 is 18.9 Å². The number of rotatable bonds is 5. The van der Waals surface area contributed by atoms with E-state index >= 15 is 0 Å². The number of aromatic nitrogens is 4. The van der Waals surface area contributed by atoms with Crippen molar-refractivity contribution in [3.63, 3.8) is 0 Å². The Balaban J connectivity index is 1.65. The molecule has 2 aromatic heterocycles. The maximum absolute atomic E-state index is 14.2. The molecule has 29 heavy (non-hydrogen) atoms. The first-order chi connectivity index (χ1) is 14.0. The molecule has 0 bridgehead atoms. The maximum atomic E-state index is 14.2. The maximum Gasteiger partial charge on any atom is 0.245 e. The van der Waals surface area contributed by atoms with E-state index in [9.17, 15) is 9.18 Å². The summed E-state index contributed by atoms with van der Waals surface area (Å²) in [7, 11) is 3.23. The molecule has 0 aliphatic carbocycles. The van der Waals surface area contributed by atoms with Crippen LogP contribution in [0, 0.1) is 5.82 Å². The van der Waals surface area contributed by atoms with Gasteiger partial charge in [-0.05, 0) is 18.2 Å². The van der Waals surface area contributed by atoms with Crippen molar-refractivity contribution < 1.29 is 18.7 Å². The second-order valence-electron chi connectivity index (χ2n) is 6.92. The van der Waals surface area contributed by atoms with E-state index in [0.717, 1.165) is 6.42 Å². The van der Waals surface area contributed by atoms with E-state index in [4.69, 9.17) is 9.47 Å². The molecule has 1 amide bonds. The number of imidazole rings is 1. The van der Waals surface area contributed by atoms with E-state index in [0.29, 0.717) is 47.9 Å². The molecule has 4 rings (SSSR count). The monoisotopic (exact) mass is 399 g/mol. The molecular weight excluding hydrogens is 377 g/mol. The van der Waals surface area contributed by atoms with Crippen LogP contribution >= 0.6 is 0 Å². The van der Waals surface area contributed by atoms with Crippen LogP contribution in [-0.2, 0) is 11.8 Å². The molecule has 9 heteroatoms. The number of nitrogens with zero attached hydrogens (tertiary/aromatic N) is 5. The smallest absolute Gasteiger partial charge is 0.245 e. The zero-order chi connectivity index (χ0) is 20.5. The Labute approximate surface area is 167 Å². The summed E-state index contributed by atoms with van der Waals surface area (Å²) >= 11 is 0. The topological polar surface area (TPSA) is 82.4 Å². The summed E-state index contributed by atoms with van der Waals surface area (Å²) in [5.41, 5.74) is 1.68. The highest BCUT2D eigenvalue weighted by molar-refractivity contribution is 5.81. The van der Waals surface area contributed by atoms with Crippen LogP contribution in [0.4, 0.5) is 4.39 Å². The molecule has 0 spiro atoms. The number of likely N-dealkylation sites (tertiary alicyclic amines) is 1. The van der Waals surface area contributed by atoms with Crippen molar-refractivity contribution in [3.8, 4) is 23.0 Å². The molecule has 0 saturated carbocycles. The van der Waals surface area contributed by atoms with Gasteiger partial charge in [0, 0.05) is 32.0 Å². The lowest BCUT2D eigenvalue weighted by Crippen LogP contribution is -2.30. The first-order valence-electron chi connectivity index (χ1n) is 9.47. The largest absolute Gasteiger partial charge is 0.494 e. The summed E-state index contributed by atoms with van der Waals surface area (Å²) < 4.78 is 27.0. The van der Waals surface area contributed by atoms with Crippen LogP contribution in [0.25, 0.3) is 22.6 Å². The number of benzene rings is 1. The zero-order valence-electron chi connectivity index (χ0n) is 16.6. The highest BCUT2D eigenvalue weighted by atomic mass is 19.1. The van der Waals surface area contributed by atoms with Crippen LogP contribution in [0.1, 0.15) is 19.8 Å². The summed E-state index contributed by atoms with van der Waals surface area (Å²) in [5.74, 6) is 0.725. The van der Waals surface area contributed by atoms with E-state index in [-0.39, 0.29) is 17.8 Å². The van der Waals surface area contributed by atoms with Gasteiger partial charge in [-0.1, -0.05) is 6.92 Å². The zero-order valence-corrected chi connectivity index (χ0v) is 16.6. The van der Waals surface area contributed by atoms with Crippen LogP contribution in [0.5, 0.6) is 11.6 Å². The minimum atomic E-state index is -0.466. The van der Waals surface area contributed by atoms with Crippen LogP contribution in [0.3, 0.4) is 0 Å². The number of carbonyl (C=O) groups excluding carboxylic acids is 1. The van der Waals surface area contributed by atoms with E-state index in [1.54, 1.807) is 28.6 Å². The predicted molar refractivity (Wildman–Crippen MR) is 104 cm³/mol. The van der Waals surface area contributed by atoms with E-state index in [1.807, 2.05) is 6.92 Å². The number of carbonyl (C=O) groups is 1. The Bertz CT molecular complexity index is 1070. The van der Waals surface area contributed by atoms with Crippen LogP contribution < -0.4 is 9.47 Å². The molecule has 1 fully saturated rings. The Hall–Kier alpha value is -3.23. The number of ether oxygens (including phenoxy) is 2. The fraction of sp³-hybridized carbons (Fsp3) is 0.400. The molecule has 1 saturated heterocycles. The van der Waals surface area contributed by atoms with E-state index in [1.165, 1.54) is 19.5 Å². The van der Waals surface area contributed by atoms with Crippen molar-refractivity contribution in [1.82, 2.24) is 24.4 Å². The average Bonchev–Trinajstić information content (AvgIpc) is 3.33. The van der Waals surface area contributed by atoms with Gasteiger partial charge in [0.2, 0.25) is 11.8 Å². The number of methoxy groups -OCH3 is 1. The van der Waals surface area contributed by atoms with Crippen molar-refractivity contribution in [2.75, 3.05) is 20.2 Å². The van der Waals surface area contributed by atoms with Gasteiger partial charge in [0.05, 0.1) is 13.7 Å². The third-order valence-corrected chi connectivity index (χ3v) is 5.11. The molecule has 152 valence electrons. The summed E-state index contributed by atoms with van der Waals surface area (Å²) in [6.07, 6.45) is 2.49. The third kappa shape index (κ3) is 3.48. The number of fused-ring (bicyclic) bond motifs is 1. The highest BCUT2D eigenvalue weighted by Crippen LogP contribution is 2.30. The first kappa shape index (κ1) is 19.1. The normalized spacial score (nSPS) is 16.4. The van der Waals surface area contributed by atoms with Crippen LogP contribution in [0.2, 0.25) is 0 Å². The molecule has 0 N–H and O–H groups in total. The molecule has 8 nitrogen and oxygen atoms in total.